The van der Waals surface area contributed by atoms with Crippen molar-refractivity contribution in [3.63, 3.8) is 0 Å². The maximum atomic E-state index is 12.7. The predicted molar refractivity (Wildman–Crippen MR) is 177 cm³/mol. The number of carbonyl (C=O) groups excluding carboxylic acids is 1. The molecule has 6 heterocycles. The van der Waals surface area contributed by atoms with E-state index in [0.717, 1.165) is 63.4 Å². The lowest BCUT2D eigenvalue weighted by Gasteiger charge is -2.53. The Hall–Kier alpha value is -4.33. The zero-order valence-electron chi connectivity index (χ0n) is 26.2. The molecule has 4 aromatic rings. The first-order chi connectivity index (χ1) is 22.4. The van der Waals surface area contributed by atoms with Crippen molar-refractivity contribution in [2.45, 2.75) is 37.8 Å². The lowest BCUT2D eigenvalue weighted by atomic mass is 9.64. The zero-order chi connectivity index (χ0) is 31.3. The van der Waals surface area contributed by atoms with Gasteiger partial charge in [-0.15, -0.1) is 0 Å². The Labute approximate surface area is 267 Å². The van der Waals surface area contributed by atoms with E-state index in [4.69, 9.17) is 20.4 Å². The van der Waals surface area contributed by atoms with Crippen molar-refractivity contribution < 1.29 is 9.53 Å². The zero-order valence-corrected chi connectivity index (χ0v) is 26.2. The molecular formula is C33H41N11O2. The van der Waals surface area contributed by atoms with Gasteiger partial charge in [-0.1, -0.05) is 0 Å². The van der Waals surface area contributed by atoms with Crippen molar-refractivity contribution in [2.24, 2.45) is 11.1 Å². The molecule has 1 saturated carbocycles. The normalized spacial score (nSPS) is 20.8. The molecule has 0 unspecified atom stereocenters. The third kappa shape index (κ3) is 5.52. The summed E-state index contributed by atoms with van der Waals surface area (Å²) in [6.45, 7) is 8.34. The Morgan fingerprint density at radius 3 is 2.41 bits per heavy atom. The number of aromatic nitrogens is 5. The van der Waals surface area contributed by atoms with Gasteiger partial charge in [0.2, 0.25) is 0 Å². The van der Waals surface area contributed by atoms with Crippen molar-refractivity contribution in [2.75, 3.05) is 75.1 Å². The first kappa shape index (κ1) is 29.1. The molecule has 1 aromatic carbocycles. The summed E-state index contributed by atoms with van der Waals surface area (Å²) in [7, 11) is 2.21. The molecular weight excluding hydrogens is 582 g/mol. The molecule has 3 aliphatic heterocycles. The second kappa shape index (κ2) is 11.8. The highest BCUT2D eigenvalue weighted by molar-refractivity contribution is 5.99. The highest BCUT2D eigenvalue weighted by Crippen LogP contribution is 2.48. The van der Waals surface area contributed by atoms with Gasteiger partial charge < -0.3 is 35.9 Å². The van der Waals surface area contributed by atoms with Crippen LogP contribution in [-0.2, 0) is 4.74 Å². The average molecular weight is 624 g/mol. The number of ether oxygens (including phenoxy) is 1. The van der Waals surface area contributed by atoms with Crippen LogP contribution in [0.4, 0.5) is 23.0 Å². The summed E-state index contributed by atoms with van der Waals surface area (Å²) < 4.78 is 5.47. The van der Waals surface area contributed by atoms with Crippen LogP contribution in [0.5, 0.6) is 0 Å². The number of rotatable bonds is 8. The number of H-pyrrole nitrogens is 1. The molecule has 1 amide bonds. The molecule has 13 heteroatoms. The van der Waals surface area contributed by atoms with Crippen molar-refractivity contribution in [1.82, 2.24) is 34.7 Å². The summed E-state index contributed by atoms with van der Waals surface area (Å²) in [6, 6.07) is 11.0. The number of imidazole rings is 1. The van der Waals surface area contributed by atoms with E-state index in [1.807, 2.05) is 18.2 Å². The highest BCUT2D eigenvalue weighted by atomic mass is 16.5. The lowest BCUT2D eigenvalue weighted by Crippen LogP contribution is -2.56. The van der Waals surface area contributed by atoms with Crippen molar-refractivity contribution >= 4 is 40.0 Å². The van der Waals surface area contributed by atoms with Crippen LogP contribution in [0.15, 0.2) is 42.9 Å². The summed E-state index contributed by atoms with van der Waals surface area (Å²) in [6.07, 6.45) is 7.65. The summed E-state index contributed by atoms with van der Waals surface area (Å²) in [5.74, 6) is 0.163. The molecule has 0 radical (unpaired) electrons. The van der Waals surface area contributed by atoms with Crippen LogP contribution in [0, 0.1) is 5.41 Å². The van der Waals surface area contributed by atoms with Crippen LogP contribution in [-0.4, -0.2) is 112 Å². The van der Waals surface area contributed by atoms with Gasteiger partial charge >= 0.3 is 0 Å². The van der Waals surface area contributed by atoms with Crippen molar-refractivity contribution in [3.05, 3.63) is 48.5 Å². The second-order valence-electron chi connectivity index (χ2n) is 13.4. The number of primary amides is 1. The van der Waals surface area contributed by atoms with E-state index in [9.17, 15) is 4.79 Å². The number of benzene rings is 1. The molecule has 4 aliphatic rings. The van der Waals surface area contributed by atoms with Crippen LogP contribution >= 0.6 is 0 Å². The Morgan fingerprint density at radius 1 is 0.957 bits per heavy atom. The monoisotopic (exact) mass is 623 g/mol. The van der Waals surface area contributed by atoms with Crippen LogP contribution in [0.2, 0.25) is 0 Å². The number of nitrogens with two attached hydrogens (primary N) is 1. The number of anilines is 4. The number of hydrogen-bond acceptors (Lipinski definition) is 11. The van der Waals surface area contributed by atoms with Crippen molar-refractivity contribution in [1.29, 1.82) is 0 Å². The maximum absolute atomic E-state index is 12.7. The summed E-state index contributed by atoms with van der Waals surface area (Å²) >= 11 is 0. The number of likely N-dealkylation sites (N-methyl/N-ethyl adjacent to an activating group) is 1. The highest BCUT2D eigenvalue weighted by Gasteiger charge is 2.50. The van der Waals surface area contributed by atoms with Gasteiger partial charge in [0.1, 0.15) is 16.9 Å². The number of amides is 1. The number of aromatic amines is 1. The first-order valence-corrected chi connectivity index (χ1v) is 16.3. The Bertz CT molecular complexity index is 1710. The third-order valence-electron chi connectivity index (χ3n) is 10.2. The van der Waals surface area contributed by atoms with E-state index in [1.165, 1.54) is 31.6 Å². The largest absolute Gasteiger partial charge is 0.380 e. The Balaban J connectivity index is 1.03. The van der Waals surface area contributed by atoms with Crippen LogP contribution in [0.3, 0.4) is 0 Å². The van der Waals surface area contributed by atoms with Gasteiger partial charge in [-0.2, -0.15) is 0 Å². The topological polar surface area (TPSA) is 153 Å². The minimum Gasteiger partial charge on any atom is -0.380 e. The number of hydrogen-bond donors (Lipinski definition) is 4. The number of nitrogens with zero attached hydrogens (tertiary/aromatic N) is 7. The van der Waals surface area contributed by atoms with Gasteiger partial charge in [-0.05, 0) is 63.1 Å². The Kier molecular flexibility index (Phi) is 7.46. The van der Waals surface area contributed by atoms with Gasteiger partial charge in [0.05, 0.1) is 25.1 Å². The van der Waals surface area contributed by atoms with Gasteiger partial charge in [0.15, 0.2) is 17.3 Å². The predicted octanol–water partition coefficient (Wildman–Crippen LogP) is 3.06. The van der Waals surface area contributed by atoms with Gasteiger partial charge in [-0.3, -0.25) is 14.7 Å². The van der Waals surface area contributed by atoms with Gasteiger partial charge in [0.25, 0.3) is 5.91 Å². The minimum absolute atomic E-state index is 0.0439. The molecule has 0 atom stereocenters. The maximum Gasteiger partial charge on any atom is 0.271 e. The number of piperazine rings is 1. The molecule has 3 saturated heterocycles. The number of fused-ring (bicyclic) bond motifs is 1. The van der Waals surface area contributed by atoms with Crippen LogP contribution in [0.25, 0.3) is 22.4 Å². The van der Waals surface area contributed by atoms with E-state index in [2.05, 4.69) is 59.5 Å². The minimum atomic E-state index is -0.675. The van der Waals surface area contributed by atoms with E-state index in [-0.39, 0.29) is 17.2 Å². The third-order valence-corrected chi connectivity index (χ3v) is 10.2. The lowest BCUT2D eigenvalue weighted by molar-refractivity contribution is -0.159. The van der Waals surface area contributed by atoms with E-state index >= 15 is 0 Å². The number of piperidine rings is 1. The summed E-state index contributed by atoms with van der Waals surface area (Å²) in [5, 5.41) is 6.92. The molecule has 3 aromatic heterocycles. The molecule has 0 bridgehead atoms. The molecule has 240 valence electrons. The van der Waals surface area contributed by atoms with Gasteiger partial charge in [0, 0.05) is 74.3 Å². The van der Waals surface area contributed by atoms with Crippen LogP contribution in [0.1, 0.15) is 36.2 Å². The number of pyridine rings is 1. The molecule has 8 rings (SSSR count). The Morgan fingerprint density at radius 2 is 1.72 bits per heavy atom. The molecule has 13 nitrogen and oxygen atoms in total. The molecule has 1 aliphatic carbocycles. The number of carbonyl (C=O) groups is 1. The molecule has 46 heavy (non-hydrogen) atoms. The first-order valence-electron chi connectivity index (χ1n) is 16.3. The van der Waals surface area contributed by atoms with Crippen molar-refractivity contribution in [3.8, 4) is 11.4 Å². The molecule has 5 N–H and O–H groups in total. The SMILES string of the molecule is CN1CCN(C2CCN(c3ccc(Nc4nc(NC5CC6(COC6)C5)c(-c5nccc6[nH]cnc56)nc4C(N)=O)cc3)CC2)CC1. The van der Waals surface area contributed by atoms with E-state index < -0.39 is 5.91 Å². The van der Waals surface area contributed by atoms with E-state index in [0.29, 0.717) is 34.6 Å². The summed E-state index contributed by atoms with van der Waals surface area (Å²) in [4.78, 5) is 42.2. The van der Waals surface area contributed by atoms with Crippen LogP contribution < -0.4 is 21.3 Å². The molecule has 4 fully saturated rings. The summed E-state index contributed by atoms with van der Waals surface area (Å²) in [5.41, 5.74) is 10.6. The quantitative estimate of drug-likeness (QED) is 0.229. The fraction of sp³-hybridized carbons (Fsp3) is 0.485. The van der Waals surface area contributed by atoms with E-state index in [1.54, 1.807) is 12.5 Å². The fourth-order valence-corrected chi connectivity index (χ4v) is 7.48. The second-order valence-corrected chi connectivity index (χ2v) is 13.4. The molecule has 1 spiro atoms. The van der Waals surface area contributed by atoms with Gasteiger partial charge in [-0.25, -0.2) is 15.0 Å². The average Bonchev–Trinajstić information content (AvgIpc) is 3.52. The standard InChI is InChI=1S/C33H41N11O2/c1-42-12-14-44(15-13-42)24-7-10-43(11-8-24)23-4-2-21(3-5-23)38-32-29(30(34)45)40-28(27-26-25(6-9-35-27)36-20-37-26)31(41-32)39-22-16-33(17-22)18-46-19-33/h2-6,9,20,22,24H,7-8,10-19H2,1H3,(H2,34,45)(H,36,37)(H2,38,39,41). The fourth-order valence-electron chi connectivity index (χ4n) is 7.48. The number of nitrogens with one attached hydrogen (secondary N) is 3. The smallest absolute Gasteiger partial charge is 0.271 e.